The summed E-state index contributed by atoms with van der Waals surface area (Å²) in [6, 6.07) is 7.45. The molecule has 2 aromatic rings. The Morgan fingerprint density at radius 3 is 2.79 bits per heavy atom. The summed E-state index contributed by atoms with van der Waals surface area (Å²) in [6.07, 6.45) is 0.608. The number of aromatic nitrogens is 2. The Kier molecular flexibility index (Phi) is 6.66. The van der Waals surface area contributed by atoms with Crippen molar-refractivity contribution in [2.45, 2.75) is 32.0 Å². The van der Waals surface area contributed by atoms with Crippen LogP contribution in [0.1, 0.15) is 18.4 Å². The molecule has 0 aliphatic carbocycles. The van der Waals surface area contributed by atoms with E-state index in [1.165, 1.54) is 0 Å². The molecule has 0 radical (unpaired) electrons. The van der Waals surface area contributed by atoms with Crippen LogP contribution in [0.4, 0.5) is 11.6 Å². The Bertz CT molecular complexity index is 793. The van der Waals surface area contributed by atoms with E-state index in [2.05, 4.69) is 15.2 Å². The maximum atomic E-state index is 9.81. The lowest BCUT2D eigenvalue weighted by Crippen LogP contribution is -2.37. The minimum Gasteiger partial charge on any atom is -0.491 e. The van der Waals surface area contributed by atoms with Gasteiger partial charge in [-0.05, 0) is 38.9 Å². The number of nitrogen functional groups attached to an aromatic ring is 1. The van der Waals surface area contributed by atoms with E-state index in [4.69, 9.17) is 15.5 Å². The lowest BCUT2D eigenvalue weighted by Gasteiger charge is -2.31. The largest absolute Gasteiger partial charge is 0.491 e. The zero-order valence-electron chi connectivity index (χ0n) is 16.4. The van der Waals surface area contributed by atoms with Crippen molar-refractivity contribution in [2.24, 2.45) is 0 Å². The van der Waals surface area contributed by atoms with Gasteiger partial charge in [0.25, 0.3) is 0 Å². The van der Waals surface area contributed by atoms with E-state index in [0.29, 0.717) is 23.9 Å². The Labute approximate surface area is 165 Å². The zero-order chi connectivity index (χ0) is 20.1. The van der Waals surface area contributed by atoms with Crippen molar-refractivity contribution >= 4 is 11.6 Å². The van der Waals surface area contributed by atoms with Crippen molar-refractivity contribution < 1.29 is 14.9 Å². The van der Waals surface area contributed by atoms with E-state index in [1.54, 1.807) is 7.05 Å². The first-order valence-electron chi connectivity index (χ1n) is 9.61. The fourth-order valence-corrected chi connectivity index (χ4v) is 3.25. The molecule has 0 saturated carbocycles. The minimum atomic E-state index is -0.582. The Morgan fingerprint density at radius 1 is 1.32 bits per heavy atom. The monoisotopic (exact) mass is 387 g/mol. The highest BCUT2D eigenvalue weighted by atomic mass is 16.5. The number of ether oxygens (including phenoxy) is 1. The van der Waals surface area contributed by atoms with E-state index in [1.807, 2.05) is 31.2 Å². The fraction of sp³-hybridized carbons (Fsp3) is 0.500. The number of piperidine rings is 1. The second-order valence-corrected chi connectivity index (χ2v) is 7.15. The highest BCUT2D eigenvalue weighted by molar-refractivity contribution is 5.66. The molecule has 152 valence electrons. The van der Waals surface area contributed by atoms with Gasteiger partial charge in [0.05, 0.1) is 6.10 Å². The molecular weight excluding hydrogens is 358 g/mol. The summed E-state index contributed by atoms with van der Waals surface area (Å²) in [7, 11) is 1.78. The molecule has 1 aromatic heterocycles. The van der Waals surface area contributed by atoms with Crippen LogP contribution in [0.3, 0.4) is 0 Å². The third kappa shape index (κ3) is 4.89. The van der Waals surface area contributed by atoms with E-state index in [9.17, 15) is 10.2 Å². The predicted octanol–water partition coefficient (Wildman–Crippen LogP) is 0.954. The van der Waals surface area contributed by atoms with Gasteiger partial charge in [0.15, 0.2) is 5.82 Å². The van der Waals surface area contributed by atoms with Crippen LogP contribution in [-0.2, 0) is 0 Å². The maximum Gasteiger partial charge on any atom is 0.164 e. The van der Waals surface area contributed by atoms with Crippen molar-refractivity contribution in [3.63, 3.8) is 0 Å². The molecule has 1 saturated heterocycles. The van der Waals surface area contributed by atoms with E-state index in [0.717, 1.165) is 42.9 Å². The second kappa shape index (κ2) is 9.18. The van der Waals surface area contributed by atoms with Gasteiger partial charge in [0.2, 0.25) is 0 Å². The molecule has 1 aliphatic rings. The summed E-state index contributed by atoms with van der Waals surface area (Å²) in [6.45, 7) is 4.06. The van der Waals surface area contributed by atoms with Crippen LogP contribution in [0.15, 0.2) is 24.3 Å². The molecule has 2 heterocycles. The topological polar surface area (TPSA) is 117 Å². The molecule has 8 heteroatoms. The summed E-state index contributed by atoms with van der Waals surface area (Å²) >= 11 is 0. The first kappa shape index (κ1) is 20.3. The quantitative estimate of drug-likeness (QED) is 0.555. The van der Waals surface area contributed by atoms with E-state index in [-0.39, 0.29) is 12.7 Å². The zero-order valence-corrected chi connectivity index (χ0v) is 16.4. The molecule has 5 N–H and O–H groups in total. The molecule has 1 fully saturated rings. The Balaban J connectivity index is 1.82. The average Bonchev–Trinajstić information content (AvgIpc) is 2.69. The number of likely N-dealkylation sites (N-methyl/N-ethyl adjacent to an activating group) is 1. The third-order valence-electron chi connectivity index (χ3n) is 4.90. The molecule has 1 aliphatic heterocycles. The number of aliphatic hydroxyl groups is 2. The van der Waals surface area contributed by atoms with Gasteiger partial charge in [-0.2, -0.15) is 0 Å². The van der Waals surface area contributed by atoms with Crippen molar-refractivity contribution in [2.75, 3.05) is 43.9 Å². The molecule has 0 bridgehead atoms. The van der Waals surface area contributed by atoms with Crippen LogP contribution in [0.5, 0.6) is 5.75 Å². The highest BCUT2D eigenvalue weighted by Gasteiger charge is 2.22. The minimum absolute atomic E-state index is 0.197. The van der Waals surface area contributed by atoms with Gasteiger partial charge in [0, 0.05) is 30.8 Å². The number of rotatable bonds is 7. The van der Waals surface area contributed by atoms with Crippen molar-refractivity contribution in [3.05, 3.63) is 29.8 Å². The predicted molar refractivity (Wildman–Crippen MR) is 109 cm³/mol. The maximum absolute atomic E-state index is 9.81. The molecule has 0 amide bonds. The van der Waals surface area contributed by atoms with Crippen LogP contribution >= 0.6 is 0 Å². The summed E-state index contributed by atoms with van der Waals surface area (Å²) in [5, 5.41) is 22.5. The smallest absolute Gasteiger partial charge is 0.164 e. The number of anilines is 2. The molecule has 1 aromatic carbocycles. The van der Waals surface area contributed by atoms with Gasteiger partial charge in [-0.1, -0.05) is 12.1 Å². The van der Waals surface area contributed by atoms with Gasteiger partial charge >= 0.3 is 0 Å². The summed E-state index contributed by atoms with van der Waals surface area (Å²) in [5.74, 6) is 2.43. The lowest BCUT2D eigenvalue weighted by molar-refractivity contribution is 0.108. The van der Waals surface area contributed by atoms with Crippen molar-refractivity contribution in [1.82, 2.24) is 15.3 Å². The highest BCUT2D eigenvalue weighted by Crippen LogP contribution is 2.29. The van der Waals surface area contributed by atoms with Crippen LogP contribution in [0.2, 0.25) is 0 Å². The number of nitrogens with two attached hydrogens (primary N) is 1. The van der Waals surface area contributed by atoms with E-state index < -0.39 is 6.10 Å². The van der Waals surface area contributed by atoms with Crippen LogP contribution in [-0.4, -0.2) is 65.7 Å². The van der Waals surface area contributed by atoms with Crippen molar-refractivity contribution in [1.29, 1.82) is 0 Å². The average molecular weight is 387 g/mol. The number of hydrogen-bond donors (Lipinski definition) is 4. The lowest BCUT2D eigenvalue weighted by atomic mass is 10.1. The first-order valence-corrected chi connectivity index (χ1v) is 9.61. The standard InChI is InChI=1S/C20H29N5O3/c1-13-18(21)23-19(24-20(13)25-8-6-15(26)7-9-25)14-4-3-5-17(10-14)28-12-16(27)11-22-2/h3-5,10,15-16,22,26-27H,6-9,11-12H2,1-2H3,(H2,21,23,24). The van der Waals surface area contributed by atoms with Crippen LogP contribution in [0.25, 0.3) is 11.4 Å². The molecule has 0 spiro atoms. The third-order valence-corrected chi connectivity index (χ3v) is 4.90. The normalized spacial score (nSPS) is 16.2. The number of aliphatic hydroxyl groups excluding tert-OH is 2. The summed E-state index contributed by atoms with van der Waals surface area (Å²) in [5.41, 5.74) is 7.81. The van der Waals surface area contributed by atoms with Crippen LogP contribution < -0.4 is 20.7 Å². The van der Waals surface area contributed by atoms with Gasteiger partial charge in [-0.15, -0.1) is 0 Å². The number of nitrogens with zero attached hydrogens (tertiary/aromatic N) is 3. The summed E-state index contributed by atoms with van der Waals surface area (Å²) in [4.78, 5) is 11.4. The SMILES string of the molecule is CNCC(O)COc1cccc(-c2nc(N)c(C)c(N3CCC(O)CC3)n2)c1. The van der Waals surface area contributed by atoms with Crippen molar-refractivity contribution in [3.8, 4) is 17.1 Å². The molecule has 1 unspecified atom stereocenters. The first-order chi connectivity index (χ1) is 13.5. The van der Waals surface area contributed by atoms with Gasteiger partial charge < -0.3 is 30.9 Å². The second-order valence-electron chi connectivity index (χ2n) is 7.15. The molecule has 28 heavy (non-hydrogen) atoms. The van der Waals surface area contributed by atoms with E-state index >= 15 is 0 Å². The molecule has 8 nitrogen and oxygen atoms in total. The van der Waals surface area contributed by atoms with Gasteiger partial charge in [-0.3, -0.25) is 0 Å². The number of nitrogens with one attached hydrogen (secondary N) is 1. The van der Waals surface area contributed by atoms with Gasteiger partial charge in [0.1, 0.15) is 30.1 Å². The van der Waals surface area contributed by atoms with Gasteiger partial charge in [-0.25, -0.2) is 9.97 Å². The Morgan fingerprint density at radius 2 is 2.07 bits per heavy atom. The Hall–Kier alpha value is -2.42. The number of benzene rings is 1. The molecular formula is C20H29N5O3. The molecule has 3 rings (SSSR count). The fourth-order valence-electron chi connectivity index (χ4n) is 3.25. The summed E-state index contributed by atoms with van der Waals surface area (Å²) < 4.78 is 5.68. The van der Waals surface area contributed by atoms with Crippen LogP contribution in [0, 0.1) is 6.92 Å². The number of hydrogen-bond acceptors (Lipinski definition) is 8. The molecule has 1 atom stereocenters.